The SMILES string of the molecule is CNC(=O)C(NC(=O)c1nc(-c2cc(Cl)cc(C)c2F)n2c1CN(C)CC2)C(C)(C)C. The van der Waals surface area contributed by atoms with Crippen LogP contribution in [0.5, 0.6) is 0 Å². The average molecular weight is 450 g/mol. The monoisotopic (exact) mass is 449 g/mol. The summed E-state index contributed by atoms with van der Waals surface area (Å²) in [6, 6.07) is 2.33. The number of imidazole rings is 1. The minimum absolute atomic E-state index is 0.191. The van der Waals surface area contributed by atoms with Crippen molar-refractivity contribution in [2.75, 3.05) is 20.6 Å². The van der Waals surface area contributed by atoms with Crippen molar-refractivity contribution in [1.29, 1.82) is 0 Å². The molecule has 31 heavy (non-hydrogen) atoms. The van der Waals surface area contributed by atoms with Gasteiger partial charge in [-0.1, -0.05) is 32.4 Å². The molecule has 9 heteroatoms. The van der Waals surface area contributed by atoms with Gasteiger partial charge in [0.1, 0.15) is 17.7 Å². The molecule has 2 amide bonds. The molecule has 1 aromatic carbocycles. The van der Waals surface area contributed by atoms with Gasteiger partial charge < -0.3 is 15.2 Å². The maximum Gasteiger partial charge on any atom is 0.272 e. The van der Waals surface area contributed by atoms with Crippen LogP contribution in [0.25, 0.3) is 11.4 Å². The second kappa shape index (κ2) is 8.59. The Bertz CT molecular complexity index is 1030. The molecule has 7 nitrogen and oxygen atoms in total. The van der Waals surface area contributed by atoms with Crippen LogP contribution in [-0.4, -0.2) is 52.9 Å². The molecule has 1 aliphatic heterocycles. The number of hydrogen-bond acceptors (Lipinski definition) is 4. The normalized spacial score (nSPS) is 15.4. The van der Waals surface area contributed by atoms with Crippen molar-refractivity contribution in [2.45, 2.75) is 46.8 Å². The Kier molecular flexibility index (Phi) is 6.43. The van der Waals surface area contributed by atoms with E-state index in [2.05, 4.69) is 20.5 Å². The van der Waals surface area contributed by atoms with Crippen molar-refractivity contribution in [3.63, 3.8) is 0 Å². The van der Waals surface area contributed by atoms with Gasteiger partial charge in [0.25, 0.3) is 5.91 Å². The first-order valence-corrected chi connectivity index (χ1v) is 10.6. The number of nitrogens with one attached hydrogen (secondary N) is 2. The molecule has 0 radical (unpaired) electrons. The van der Waals surface area contributed by atoms with Crippen LogP contribution in [0.1, 0.15) is 42.5 Å². The van der Waals surface area contributed by atoms with Gasteiger partial charge in [-0.25, -0.2) is 9.37 Å². The third kappa shape index (κ3) is 4.60. The number of hydrogen-bond donors (Lipinski definition) is 2. The third-order valence-electron chi connectivity index (χ3n) is 5.52. The zero-order valence-corrected chi connectivity index (χ0v) is 19.5. The number of carbonyl (C=O) groups excluding carboxylic acids is 2. The van der Waals surface area contributed by atoms with E-state index in [1.807, 2.05) is 32.4 Å². The van der Waals surface area contributed by atoms with Crippen molar-refractivity contribution >= 4 is 23.4 Å². The topological polar surface area (TPSA) is 79.3 Å². The van der Waals surface area contributed by atoms with Crippen LogP contribution in [0.3, 0.4) is 0 Å². The maximum atomic E-state index is 15.0. The number of carbonyl (C=O) groups is 2. The van der Waals surface area contributed by atoms with E-state index in [4.69, 9.17) is 11.6 Å². The number of amides is 2. The zero-order chi connectivity index (χ0) is 23.1. The molecule has 0 saturated heterocycles. The molecule has 0 spiro atoms. The Hall–Kier alpha value is -2.45. The van der Waals surface area contributed by atoms with Crippen LogP contribution in [0.15, 0.2) is 12.1 Å². The average Bonchev–Trinajstić information content (AvgIpc) is 3.05. The molecule has 1 aromatic heterocycles. The van der Waals surface area contributed by atoms with E-state index in [0.29, 0.717) is 35.2 Å². The first-order valence-electron chi connectivity index (χ1n) is 10.2. The third-order valence-corrected chi connectivity index (χ3v) is 5.74. The van der Waals surface area contributed by atoms with Crippen LogP contribution in [0.4, 0.5) is 4.39 Å². The van der Waals surface area contributed by atoms with Gasteiger partial charge in [-0.3, -0.25) is 14.5 Å². The number of aryl methyl sites for hydroxylation is 1. The molecular weight excluding hydrogens is 421 g/mol. The summed E-state index contributed by atoms with van der Waals surface area (Å²) < 4.78 is 16.8. The molecule has 2 heterocycles. The van der Waals surface area contributed by atoms with Crippen molar-refractivity contribution in [1.82, 2.24) is 25.1 Å². The quantitative estimate of drug-likeness (QED) is 0.752. The minimum Gasteiger partial charge on any atom is -0.357 e. The van der Waals surface area contributed by atoms with Gasteiger partial charge in [-0.2, -0.15) is 0 Å². The maximum absolute atomic E-state index is 15.0. The Balaban J connectivity index is 2.10. The molecule has 1 aliphatic rings. The highest BCUT2D eigenvalue weighted by atomic mass is 35.5. The highest BCUT2D eigenvalue weighted by Gasteiger charge is 2.35. The van der Waals surface area contributed by atoms with Gasteiger partial charge in [0, 0.05) is 31.7 Å². The lowest BCUT2D eigenvalue weighted by molar-refractivity contribution is -0.124. The number of likely N-dealkylation sites (N-methyl/N-ethyl adjacent to an activating group) is 2. The Morgan fingerprint density at radius 1 is 1.26 bits per heavy atom. The molecule has 0 fully saturated rings. The molecule has 3 rings (SSSR count). The van der Waals surface area contributed by atoms with E-state index >= 15 is 0 Å². The Labute approximate surface area is 187 Å². The number of fused-ring (bicyclic) bond motifs is 1. The lowest BCUT2D eigenvalue weighted by Crippen LogP contribution is -2.53. The number of benzene rings is 1. The molecule has 1 unspecified atom stereocenters. The first-order chi connectivity index (χ1) is 14.4. The van der Waals surface area contributed by atoms with Crippen molar-refractivity contribution in [3.8, 4) is 11.4 Å². The largest absolute Gasteiger partial charge is 0.357 e. The van der Waals surface area contributed by atoms with Crippen LogP contribution in [-0.2, 0) is 17.9 Å². The fraction of sp³-hybridized carbons (Fsp3) is 0.500. The van der Waals surface area contributed by atoms with Gasteiger partial charge in [-0.15, -0.1) is 0 Å². The Morgan fingerprint density at radius 3 is 2.55 bits per heavy atom. The molecule has 1 atom stereocenters. The first kappa shape index (κ1) is 23.2. The van der Waals surface area contributed by atoms with Crippen molar-refractivity contribution < 1.29 is 14.0 Å². The molecule has 168 valence electrons. The van der Waals surface area contributed by atoms with E-state index in [-0.39, 0.29) is 17.2 Å². The standard InChI is InChI=1S/C22H29ClFN5O2/c1-12-9-13(23)10-14(16(12)24)19-26-17(15-11-28(6)7-8-29(15)19)20(30)27-18(21(31)25-5)22(2,3)4/h9-10,18H,7-8,11H2,1-6H3,(H,25,31)(H,27,30). The van der Waals surface area contributed by atoms with Crippen LogP contribution < -0.4 is 10.6 Å². The van der Waals surface area contributed by atoms with E-state index in [1.165, 1.54) is 13.1 Å². The van der Waals surface area contributed by atoms with Gasteiger partial charge in [-0.05, 0) is 37.1 Å². The van der Waals surface area contributed by atoms with Crippen molar-refractivity contribution in [2.24, 2.45) is 5.41 Å². The highest BCUT2D eigenvalue weighted by molar-refractivity contribution is 6.31. The summed E-state index contributed by atoms with van der Waals surface area (Å²) in [6.07, 6.45) is 0. The zero-order valence-electron chi connectivity index (χ0n) is 18.8. The number of halogens is 2. The smallest absolute Gasteiger partial charge is 0.272 e. The molecular formula is C22H29ClFN5O2. The predicted octanol–water partition coefficient (Wildman–Crippen LogP) is 2.99. The summed E-state index contributed by atoms with van der Waals surface area (Å²) in [5.41, 5.74) is 1.03. The summed E-state index contributed by atoms with van der Waals surface area (Å²) in [5, 5.41) is 5.82. The minimum atomic E-state index is -0.753. The van der Waals surface area contributed by atoms with Crippen LogP contribution in [0.2, 0.25) is 5.02 Å². The van der Waals surface area contributed by atoms with Gasteiger partial charge >= 0.3 is 0 Å². The number of rotatable bonds is 4. The Morgan fingerprint density at radius 2 is 1.94 bits per heavy atom. The van der Waals surface area contributed by atoms with E-state index < -0.39 is 23.2 Å². The fourth-order valence-corrected chi connectivity index (χ4v) is 4.06. The second-order valence-electron chi connectivity index (χ2n) is 9.09. The summed E-state index contributed by atoms with van der Waals surface area (Å²) in [5.74, 6) is -0.805. The van der Waals surface area contributed by atoms with Crippen molar-refractivity contribution in [3.05, 3.63) is 39.9 Å². The van der Waals surface area contributed by atoms with E-state index in [9.17, 15) is 14.0 Å². The van der Waals surface area contributed by atoms with Gasteiger partial charge in [0.2, 0.25) is 5.91 Å². The summed E-state index contributed by atoms with van der Waals surface area (Å²) in [6.45, 7) is 9.05. The molecule has 0 bridgehead atoms. The van der Waals surface area contributed by atoms with E-state index in [1.54, 1.807) is 13.0 Å². The summed E-state index contributed by atoms with van der Waals surface area (Å²) >= 11 is 6.18. The lowest BCUT2D eigenvalue weighted by atomic mass is 9.86. The highest BCUT2D eigenvalue weighted by Crippen LogP contribution is 2.32. The molecule has 2 aromatic rings. The second-order valence-corrected chi connectivity index (χ2v) is 9.53. The lowest BCUT2D eigenvalue weighted by Gasteiger charge is -2.30. The summed E-state index contributed by atoms with van der Waals surface area (Å²) in [7, 11) is 3.48. The van der Waals surface area contributed by atoms with Crippen LogP contribution >= 0.6 is 11.6 Å². The fourth-order valence-electron chi connectivity index (χ4n) is 3.79. The number of aromatic nitrogens is 2. The van der Waals surface area contributed by atoms with E-state index in [0.717, 1.165) is 6.54 Å². The van der Waals surface area contributed by atoms with Gasteiger partial charge in [0.05, 0.1) is 11.3 Å². The summed E-state index contributed by atoms with van der Waals surface area (Å²) in [4.78, 5) is 32.3. The van der Waals surface area contributed by atoms with Gasteiger partial charge in [0.15, 0.2) is 5.69 Å². The molecule has 0 aliphatic carbocycles. The van der Waals surface area contributed by atoms with Crippen LogP contribution in [0, 0.1) is 18.2 Å². The number of nitrogens with zero attached hydrogens (tertiary/aromatic N) is 3. The molecule has 2 N–H and O–H groups in total. The predicted molar refractivity (Wildman–Crippen MR) is 118 cm³/mol. The molecule has 0 saturated carbocycles.